The van der Waals surface area contributed by atoms with Crippen LogP contribution in [0.5, 0.6) is 0 Å². The second kappa shape index (κ2) is 7.35. The fourth-order valence-electron chi connectivity index (χ4n) is 3.19. The topological polar surface area (TPSA) is 115 Å². The third-order valence-electron chi connectivity index (χ3n) is 4.54. The van der Waals surface area contributed by atoms with Crippen LogP contribution in [0.2, 0.25) is 0 Å². The molecule has 4 heterocycles. The molecule has 0 aliphatic heterocycles. The fraction of sp³-hybridized carbons (Fsp3) is 0.211. The fourth-order valence-corrected chi connectivity index (χ4v) is 4.32. The Morgan fingerprint density at radius 3 is 3.00 bits per heavy atom. The van der Waals surface area contributed by atoms with Crippen LogP contribution in [0.25, 0.3) is 21.3 Å². The minimum atomic E-state index is -0.130. The number of fused-ring (bicyclic) bond motifs is 3. The van der Waals surface area contributed by atoms with Gasteiger partial charge in [-0.05, 0) is 30.3 Å². The largest absolute Gasteiger partial charge is 0.405 e. The number of hydrogen-bond donors (Lipinski definition) is 2. The SMILES string of the molecule is Cn1c2nc(CC(=N)/C=C\N)sc2c2cnn(CCc3cccnc3)c(=O)c21. The predicted octanol–water partition coefficient (Wildman–Crippen LogP) is 2.02. The molecule has 142 valence electrons. The third-order valence-corrected chi connectivity index (χ3v) is 5.62. The number of rotatable bonds is 6. The van der Waals surface area contributed by atoms with Gasteiger partial charge in [0.05, 0.1) is 10.9 Å². The highest BCUT2D eigenvalue weighted by atomic mass is 32.1. The van der Waals surface area contributed by atoms with E-state index in [0.29, 0.717) is 30.6 Å². The normalized spacial score (nSPS) is 11.8. The maximum Gasteiger partial charge on any atom is 0.291 e. The summed E-state index contributed by atoms with van der Waals surface area (Å²) >= 11 is 1.48. The van der Waals surface area contributed by atoms with E-state index in [1.54, 1.807) is 24.7 Å². The Bertz CT molecular complexity index is 1250. The van der Waals surface area contributed by atoms with Gasteiger partial charge in [-0.25, -0.2) is 9.67 Å². The Hall–Kier alpha value is -3.33. The molecule has 4 aromatic rings. The number of pyridine rings is 1. The summed E-state index contributed by atoms with van der Waals surface area (Å²) < 4.78 is 4.22. The quantitative estimate of drug-likeness (QED) is 0.486. The molecule has 4 aromatic heterocycles. The van der Waals surface area contributed by atoms with E-state index >= 15 is 0 Å². The van der Waals surface area contributed by atoms with Crippen molar-refractivity contribution in [2.75, 3.05) is 0 Å². The molecule has 28 heavy (non-hydrogen) atoms. The zero-order valence-electron chi connectivity index (χ0n) is 15.3. The number of thiazole rings is 1. The van der Waals surface area contributed by atoms with Crippen molar-refractivity contribution in [2.45, 2.75) is 19.4 Å². The van der Waals surface area contributed by atoms with E-state index in [1.165, 1.54) is 22.2 Å². The highest BCUT2D eigenvalue weighted by Crippen LogP contribution is 2.31. The molecule has 0 bridgehead atoms. The first-order valence-corrected chi connectivity index (χ1v) is 9.58. The van der Waals surface area contributed by atoms with E-state index in [-0.39, 0.29) is 5.56 Å². The van der Waals surface area contributed by atoms with Crippen LogP contribution in [0.3, 0.4) is 0 Å². The van der Waals surface area contributed by atoms with Gasteiger partial charge in [-0.3, -0.25) is 9.78 Å². The van der Waals surface area contributed by atoms with Gasteiger partial charge >= 0.3 is 0 Å². The van der Waals surface area contributed by atoms with Gasteiger partial charge in [-0.2, -0.15) is 5.10 Å². The molecule has 0 saturated heterocycles. The monoisotopic (exact) mass is 393 g/mol. The number of aryl methyl sites for hydroxylation is 3. The minimum Gasteiger partial charge on any atom is -0.405 e. The van der Waals surface area contributed by atoms with Gasteiger partial charge in [0.1, 0.15) is 10.5 Å². The average molecular weight is 393 g/mol. The molecule has 0 unspecified atom stereocenters. The van der Waals surface area contributed by atoms with Crippen LogP contribution in [0.15, 0.2) is 47.8 Å². The van der Waals surface area contributed by atoms with Crippen molar-refractivity contribution in [1.29, 1.82) is 5.41 Å². The van der Waals surface area contributed by atoms with E-state index in [4.69, 9.17) is 11.1 Å². The average Bonchev–Trinajstić information content (AvgIpc) is 3.21. The maximum atomic E-state index is 13.0. The van der Waals surface area contributed by atoms with Crippen molar-refractivity contribution in [3.05, 3.63) is 63.9 Å². The van der Waals surface area contributed by atoms with Crippen LogP contribution >= 0.6 is 11.3 Å². The number of nitrogens with one attached hydrogen (secondary N) is 1. The van der Waals surface area contributed by atoms with Crippen LogP contribution in [0, 0.1) is 5.41 Å². The Kier molecular flexibility index (Phi) is 4.74. The number of hydrogen-bond acceptors (Lipinski definition) is 7. The van der Waals surface area contributed by atoms with E-state index in [1.807, 2.05) is 23.7 Å². The van der Waals surface area contributed by atoms with Crippen LogP contribution in [-0.4, -0.2) is 30.0 Å². The third kappa shape index (κ3) is 3.20. The molecular formula is C19H19N7OS. The molecule has 0 spiro atoms. The number of nitrogens with zero attached hydrogens (tertiary/aromatic N) is 5. The zero-order valence-corrected chi connectivity index (χ0v) is 16.1. The van der Waals surface area contributed by atoms with Crippen molar-refractivity contribution in [3.63, 3.8) is 0 Å². The smallest absolute Gasteiger partial charge is 0.291 e. The zero-order chi connectivity index (χ0) is 19.7. The lowest BCUT2D eigenvalue weighted by Gasteiger charge is -2.05. The lowest BCUT2D eigenvalue weighted by molar-refractivity contribution is 0.581. The number of aromatic nitrogens is 5. The molecule has 0 aromatic carbocycles. The highest BCUT2D eigenvalue weighted by molar-refractivity contribution is 7.19. The van der Waals surface area contributed by atoms with Crippen LogP contribution in [-0.2, 0) is 26.4 Å². The highest BCUT2D eigenvalue weighted by Gasteiger charge is 2.18. The van der Waals surface area contributed by atoms with E-state index in [9.17, 15) is 4.79 Å². The van der Waals surface area contributed by atoms with Crippen molar-refractivity contribution in [2.24, 2.45) is 12.8 Å². The van der Waals surface area contributed by atoms with Gasteiger partial charge < -0.3 is 15.7 Å². The lowest BCUT2D eigenvalue weighted by atomic mass is 10.2. The summed E-state index contributed by atoms with van der Waals surface area (Å²) in [5, 5.41) is 13.8. The Morgan fingerprint density at radius 1 is 1.39 bits per heavy atom. The summed E-state index contributed by atoms with van der Waals surface area (Å²) in [6.45, 7) is 0.487. The van der Waals surface area contributed by atoms with Crippen molar-refractivity contribution in [3.8, 4) is 0 Å². The maximum absolute atomic E-state index is 13.0. The molecule has 0 aliphatic carbocycles. The van der Waals surface area contributed by atoms with Gasteiger partial charge in [0, 0.05) is 43.5 Å². The van der Waals surface area contributed by atoms with Crippen molar-refractivity contribution >= 4 is 38.3 Å². The van der Waals surface area contributed by atoms with Gasteiger partial charge in [0.15, 0.2) is 5.65 Å². The summed E-state index contributed by atoms with van der Waals surface area (Å²) in [6, 6.07) is 3.87. The first-order chi connectivity index (χ1) is 13.6. The Morgan fingerprint density at radius 2 is 2.25 bits per heavy atom. The van der Waals surface area contributed by atoms with Crippen molar-refractivity contribution in [1.82, 2.24) is 24.3 Å². The van der Waals surface area contributed by atoms with Gasteiger partial charge in [-0.15, -0.1) is 11.3 Å². The molecule has 0 aliphatic rings. The Balaban J connectivity index is 1.69. The van der Waals surface area contributed by atoms with Crippen LogP contribution in [0.4, 0.5) is 0 Å². The lowest BCUT2D eigenvalue weighted by Crippen LogP contribution is -2.25. The molecule has 4 rings (SSSR count). The molecule has 9 heteroatoms. The second-order valence-electron chi connectivity index (χ2n) is 6.43. The summed E-state index contributed by atoms with van der Waals surface area (Å²) in [5.41, 5.74) is 7.99. The molecule has 0 saturated carbocycles. The molecule has 0 atom stereocenters. The molecular weight excluding hydrogens is 374 g/mol. The standard InChI is InChI=1S/C19H19N7OS/c1-25-16-14(17-18(25)24-15(28-17)9-13(21)4-6-20)11-23-26(19(16)27)8-5-12-3-2-7-22-10-12/h2-4,6-7,10-11,21H,5,8-9,20H2,1H3/b6-4-,21-13?. The summed E-state index contributed by atoms with van der Waals surface area (Å²) in [4.78, 5) is 21.7. The molecule has 0 amide bonds. The van der Waals surface area contributed by atoms with E-state index in [0.717, 1.165) is 26.3 Å². The number of nitrogens with two attached hydrogens (primary N) is 1. The Labute approximate surface area is 164 Å². The van der Waals surface area contributed by atoms with Gasteiger partial charge in [0.25, 0.3) is 5.56 Å². The summed E-state index contributed by atoms with van der Waals surface area (Å²) in [6.07, 6.45) is 9.25. The first kappa shape index (κ1) is 18.1. The molecule has 8 nitrogen and oxygen atoms in total. The van der Waals surface area contributed by atoms with Crippen LogP contribution < -0.4 is 11.3 Å². The minimum absolute atomic E-state index is 0.130. The van der Waals surface area contributed by atoms with E-state index in [2.05, 4.69) is 15.1 Å². The predicted molar refractivity (Wildman–Crippen MR) is 111 cm³/mol. The summed E-state index contributed by atoms with van der Waals surface area (Å²) in [5.74, 6) is 0. The van der Waals surface area contributed by atoms with Crippen molar-refractivity contribution < 1.29 is 0 Å². The second-order valence-corrected chi connectivity index (χ2v) is 7.51. The first-order valence-electron chi connectivity index (χ1n) is 8.77. The molecule has 3 N–H and O–H groups in total. The molecule has 0 radical (unpaired) electrons. The van der Waals surface area contributed by atoms with Gasteiger partial charge in [0.2, 0.25) is 0 Å². The number of allylic oxidation sites excluding steroid dienone is 1. The summed E-state index contributed by atoms with van der Waals surface area (Å²) in [7, 11) is 1.84. The van der Waals surface area contributed by atoms with Gasteiger partial charge in [-0.1, -0.05) is 6.07 Å². The van der Waals surface area contributed by atoms with Crippen LogP contribution in [0.1, 0.15) is 10.6 Å². The van der Waals surface area contributed by atoms with E-state index < -0.39 is 0 Å². The molecule has 0 fully saturated rings.